The topological polar surface area (TPSA) is 60.2 Å². The molecule has 1 aromatic heterocycles. The summed E-state index contributed by atoms with van der Waals surface area (Å²) >= 11 is 0. The molecule has 2 unspecified atom stereocenters. The van der Waals surface area contributed by atoms with Gasteiger partial charge in [-0.1, -0.05) is 6.92 Å². The Morgan fingerprint density at radius 1 is 1.47 bits per heavy atom. The SMILES string of the molecule is CCOC(C)(CC)C(O)Cc1ncnn1CC. The van der Waals surface area contributed by atoms with E-state index in [1.165, 1.54) is 6.33 Å². The van der Waals surface area contributed by atoms with Gasteiger partial charge in [-0.25, -0.2) is 4.98 Å². The zero-order valence-electron chi connectivity index (χ0n) is 11.2. The molecule has 0 bridgehead atoms. The quantitative estimate of drug-likeness (QED) is 0.784. The molecule has 5 heteroatoms. The van der Waals surface area contributed by atoms with E-state index in [0.29, 0.717) is 13.0 Å². The lowest BCUT2D eigenvalue weighted by Crippen LogP contribution is -2.43. The van der Waals surface area contributed by atoms with Gasteiger partial charge in [0.25, 0.3) is 0 Å². The molecule has 0 saturated heterocycles. The second-order valence-electron chi connectivity index (χ2n) is 4.31. The molecule has 0 fully saturated rings. The first-order valence-corrected chi connectivity index (χ1v) is 6.26. The minimum atomic E-state index is -0.568. The minimum Gasteiger partial charge on any atom is -0.390 e. The Balaban J connectivity index is 2.73. The van der Waals surface area contributed by atoms with Crippen molar-refractivity contribution in [3.8, 4) is 0 Å². The molecule has 0 aliphatic carbocycles. The summed E-state index contributed by atoms with van der Waals surface area (Å²) in [6.07, 6.45) is 2.19. The van der Waals surface area contributed by atoms with Crippen LogP contribution in [-0.2, 0) is 17.7 Å². The van der Waals surface area contributed by atoms with E-state index in [4.69, 9.17) is 4.74 Å². The summed E-state index contributed by atoms with van der Waals surface area (Å²) in [4.78, 5) is 4.17. The number of rotatable bonds is 7. The second kappa shape index (κ2) is 6.12. The number of aromatic nitrogens is 3. The zero-order valence-corrected chi connectivity index (χ0v) is 11.2. The van der Waals surface area contributed by atoms with Crippen LogP contribution in [0.15, 0.2) is 6.33 Å². The summed E-state index contributed by atoms with van der Waals surface area (Å²) in [5.41, 5.74) is -0.515. The number of hydrogen-bond donors (Lipinski definition) is 1. The molecule has 17 heavy (non-hydrogen) atoms. The number of hydrogen-bond acceptors (Lipinski definition) is 4. The number of ether oxygens (including phenoxy) is 1. The Kier molecular flexibility index (Phi) is 5.08. The van der Waals surface area contributed by atoms with E-state index >= 15 is 0 Å². The third kappa shape index (κ3) is 3.26. The van der Waals surface area contributed by atoms with Crippen molar-refractivity contribution in [1.82, 2.24) is 14.8 Å². The molecule has 1 aromatic rings. The first kappa shape index (κ1) is 14.1. The molecule has 0 spiro atoms. The van der Waals surface area contributed by atoms with E-state index in [2.05, 4.69) is 10.1 Å². The molecule has 5 nitrogen and oxygen atoms in total. The van der Waals surface area contributed by atoms with E-state index in [-0.39, 0.29) is 0 Å². The van der Waals surface area contributed by atoms with E-state index in [1.54, 1.807) is 4.68 Å². The van der Waals surface area contributed by atoms with Crippen molar-refractivity contribution in [2.24, 2.45) is 0 Å². The largest absolute Gasteiger partial charge is 0.390 e. The molecule has 98 valence electrons. The molecular weight excluding hydrogens is 218 g/mol. The van der Waals surface area contributed by atoms with E-state index in [1.807, 2.05) is 27.7 Å². The summed E-state index contributed by atoms with van der Waals surface area (Å²) in [6, 6.07) is 0. The standard InChI is InChI=1S/C12H23N3O2/c1-5-12(4,17-7-3)10(16)8-11-13-9-14-15(11)6-2/h9-10,16H,5-8H2,1-4H3. The van der Waals surface area contributed by atoms with Gasteiger partial charge in [0.15, 0.2) is 0 Å². The van der Waals surface area contributed by atoms with Gasteiger partial charge in [-0.15, -0.1) is 0 Å². The number of aliphatic hydroxyl groups excluding tert-OH is 1. The van der Waals surface area contributed by atoms with Crippen molar-refractivity contribution in [1.29, 1.82) is 0 Å². The van der Waals surface area contributed by atoms with E-state index < -0.39 is 11.7 Å². The average Bonchev–Trinajstić information content (AvgIpc) is 2.76. The lowest BCUT2D eigenvalue weighted by Gasteiger charge is -2.33. The maximum Gasteiger partial charge on any atom is 0.138 e. The Bertz CT molecular complexity index is 340. The summed E-state index contributed by atoms with van der Waals surface area (Å²) in [6.45, 7) is 9.26. The molecule has 1 N–H and O–H groups in total. The monoisotopic (exact) mass is 241 g/mol. The van der Waals surface area contributed by atoms with Crippen LogP contribution in [0.3, 0.4) is 0 Å². The molecule has 2 atom stereocenters. The van der Waals surface area contributed by atoms with Gasteiger partial charge in [-0.3, -0.25) is 4.68 Å². The smallest absolute Gasteiger partial charge is 0.138 e. The fraction of sp³-hybridized carbons (Fsp3) is 0.833. The molecule has 0 amide bonds. The summed E-state index contributed by atoms with van der Waals surface area (Å²) < 4.78 is 7.45. The molecule has 0 radical (unpaired) electrons. The maximum atomic E-state index is 10.3. The summed E-state index contributed by atoms with van der Waals surface area (Å²) in [5.74, 6) is 0.805. The van der Waals surface area contributed by atoms with Crippen LogP contribution in [0.25, 0.3) is 0 Å². The Hall–Kier alpha value is -0.940. The van der Waals surface area contributed by atoms with Crippen LogP contribution in [-0.4, -0.2) is 38.2 Å². The van der Waals surface area contributed by atoms with Crippen molar-refractivity contribution in [2.45, 2.75) is 58.8 Å². The van der Waals surface area contributed by atoms with Gasteiger partial charge in [0.05, 0.1) is 11.7 Å². The maximum absolute atomic E-state index is 10.3. The molecule has 1 heterocycles. The first-order valence-electron chi connectivity index (χ1n) is 6.26. The fourth-order valence-corrected chi connectivity index (χ4v) is 1.86. The lowest BCUT2D eigenvalue weighted by atomic mass is 9.93. The van der Waals surface area contributed by atoms with Crippen molar-refractivity contribution in [3.63, 3.8) is 0 Å². The highest BCUT2D eigenvalue weighted by molar-refractivity contribution is 4.94. The van der Waals surface area contributed by atoms with Crippen LogP contribution >= 0.6 is 0 Å². The molecule has 0 aliphatic rings. The Labute approximate surface area is 103 Å². The highest BCUT2D eigenvalue weighted by atomic mass is 16.5. The van der Waals surface area contributed by atoms with Crippen molar-refractivity contribution in [2.75, 3.05) is 6.61 Å². The van der Waals surface area contributed by atoms with Gasteiger partial charge in [0, 0.05) is 19.6 Å². The normalized spacial score (nSPS) is 16.8. The number of aryl methyl sites for hydroxylation is 1. The molecular formula is C12H23N3O2. The fourth-order valence-electron chi connectivity index (χ4n) is 1.86. The molecule has 0 aliphatic heterocycles. The predicted octanol–water partition coefficient (Wildman–Crippen LogP) is 1.41. The predicted molar refractivity (Wildman–Crippen MR) is 65.7 cm³/mol. The van der Waals surface area contributed by atoms with Gasteiger partial charge < -0.3 is 9.84 Å². The van der Waals surface area contributed by atoms with Gasteiger partial charge in [0.2, 0.25) is 0 Å². The minimum absolute atomic E-state index is 0.470. The van der Waals surface area contributed by atoms with Gasteiger partial charge >= 0.3 is 0 Å². The molecule has 0 aromatic carbocycles. The van der Waals surface area contributed by atoms with Crippen LogP contribution in [0.1, 0.15) is 39.9 Å². The molecule has 1 rings (SSSR count). The average molecular weight is 241 g/mol. The highest BCUT2D eigenvalue weighted by Gasteiger charge is 2.32. The molecule has 0 saturated carbocycles. The van der Waals surface area contributed by atoms with Gasteiger partial charge in [-0.05, 0) is 27.2 Å². The van der Waals surface area contributed by atoms with Crippen molar-refractivity contribution >= 4 is 0 Å². The van der Waals surface area contributed by atoms with Crippen LogP contribution < -0.4 is 0 Å². The highest BCUT2D eigenvalue weighted by Crippen LogP contribution is 2.22. The third-order valence-corrected chi connectivity index (χ3v) is 3.25. The number of aliphatic hydroxyl groups is 1. The van der Waals surface area contributed by atoms with Gasteiger partial charge in [0.1, 0.15) is 12.2 Å². The number of nitrogens with zero attached hydrogens (tertiary/aromatic N) is 3. The Morgan fingerprint density at radius 2 is 2.18 bits per heavy atom. The van der Waals surface area contributed by atoms with E-state index in [0.717, 1.165) is 18.8 Å². The lowest BCUT2D eigenvalue weighted by molar-refractivity contribution is -0.111. The van der Waals surface area contributed by atoms with Gasteiger partial charge in [-0.2, -0.15) is 5.10 Å². The zero-order chi connectivity index (χ0) is 12.9. The van der Waals surface area contributed by atoms with Crippen molar-refractivity contribution in [3.05, 3.63) is 12.2 Å². The van der Waals surface area contributed by atoms with Crippen LogP contribution in [0.4, 0.5) is 0 Å². The van der Waals surface area contributed by atoms with Crippen molar-refractivity contribution < 1.29 is 9.84 Å². The van der Waals surface area contributed by atoms with E-state index in [9.17, 15) is 5.11 Å². The third-order valence-electron chi connectivity index (χ3n) is 3.25. The first-order chi connectivity index (χ1) is 8.07. The van der Waals surface area contributed by atoms with Crippen LogP contribution in [0.2, 0.25) is 0 Å². The second-order valence-corrected chi connectivity index (χ2v) is 4.31. The summed E-state index contributed by atoms with van der Waals surface area (Å²) in [7, 11) is 0. The van der Waals surface area contributed by atoms with Crippen LogP contribution in [0, 0.1) is 0 Å². The Morgan fingerprint density at radius 3 is 2.71 bits per heavy atom. The summed E-state index contributed by atoms with van der Waals surface area (Å²) in [5, 5.41) is 14.4. The van der Waals surface area contributed by atoms with Crippen LogP contribution in [0.5, 0.6) is 0 Å².